The van der Waals surface area contributed by atoms with Gasteiger partial charge >= 0.3 is 0 Å². The largest absolute Gasteiger partial charge is 0.493 e. The van der Waals surface area contributed by atoms with E-state index in [-0.39, 0.29) is 5.41 Å². The van der Waals surface area contributed by atoms with Gasteiger partial charge in [-0.05, 0) is 29.0 Å². The molecule has 0 aliphatic carbocycles. The average molecular weight is 344 g/mol. The second kappa shape index (κ2) is 7.32. The van der Waals surface area contributed by atoms with Gasteiger partial charge < -0.3 is 14.8 Å². The predicted octanol–water partition coefficient (Wildman–Crippen LogP) is 4.24. The third-order valence-electron chi connectivity index (χ3n) is 4.01. The van der Waals surface area contributed by atoms with Gasteiger partial charge in [0.1, 0.15) is 0 Å². The lowest BCUT2D eigenvalue weighted by Crippen LogP contribution is -2.33. The molecule has 0 aliphatic rings. The number of ether oxygens (including phenoxy) is 2. The van der Waals surface area contributed by atoms with Crippen LogP contribution in [0.15, 0.2) is 16.6 Å². The van der Waals surface area contributed by atoms with Crippen molar-refractivity contribution in [3.05, 3.63) is 22.2 Å². The van der Waals surface area contributed by atoms with Crippen molar-refractivity contribution in [1.29, 1.82) is 0 Å². The van der Waals surface area contributed by atoms with Gasteiger partial charge in [-0.2, -0.15) is 0 Å². The third kappa shape index (κ3) is 4.38. The molecule has 0 amide bonds. The Hall–Kier alpha value is -0.740. The Kier molecular flexibility index (Phi) is 6.34. The summed E-state index contributed by atoms with van der Waals surface area (Å²) in [7, 11) is 3.30. The zero-order valence-corrected chi connectivity index (χ0v) is 14.9. The molecule has 4 heteroatoms. The molecule has 0 saturated carbocycles. The molecular formula is C16H26BrNO2. The smallest absolute Gasteiger partial charge is 0.161 e. The van der Waals surface area contributed by atoms with E-state index in [2.05, 4.69) is 48.9 Å². The van der Waals surface area contributed by atoms with Crippen molar-refractivity contribution in [2.45, 2.75) is 34.2 Å². The first-order valence-electron chi connectivity index (χ1n) is 6.93. The lowest BCUT2D eigenvalue weighted by molar-refractivity contribution is 0.237. The second-order valence-electron chi connectivity index (χ2n) is 6.05. The molecule has 0 bridgehead atoms. The summed E-state index contributed by atoms with van der Waals surface area (Å²) in [5.41, 5.74) is 1.45. The molecule has 1 aromatic rings. The highest BCUT2D eigenvalue weighted by Gasteiger charge is 2.21. The fraction of sp³-hybridized carbons (Fsp3) is 0.625. The molecule has 0 atom stereocenters. The maximum Gasteiger partial charge on any atom is 0.161 e. The molecule has 114 valence electrons. The van der Waals surface area contributed by atoms with E-state index in [9.17, 15) is 0 Å². The number of nitrogens with one attached hydrogen (secondary N) is 1. The molecule has 0 unspecified atom stereocenters. The molecule has 0 spiro atoms. The summed E-state index contributed by atoms with van der Waals surface area (Å²) in [4.78, 5) is 0. The summed E-state index contributed by atoms with van der Waals surface area (Å²) >= 11 is 3.59. The molecule has 1 N–H and O–H groups in total. The van der Waals surface area contributed by atoms with Gasteiger partial charge in [0.25, 0.3) is 0 Å². The van der Waals surface area contributed by atoms with Crippen LogP contribution < -0.4 is 14.8 Å². The van der Waals surface area contributed by atoms with Crippen molar-refractivity contribution in [3.8, 4) is 11.5 Å². The van der Waals surface area contributed by atoms with Crippen LogP contribution in [0.1, 0.15) is 33.3 Å². The van der Waals surface area contributed by atoms with Crippen molar-refractivity contribution in [2.75, 3.05) is 20.8 Å². The molecule has 1 rings (SSSR count). The summed E-state index contributed by atoms with van der Waals surface area (Å²) in [6.45, 7) is 10.9. The molecule has 0 saturated heterocycles. The molecule has 0 radical (unpaired) electrons. The van der Waals surface area contributed by atoms with Gasteiger partial charge in [-0.25, -0.2) is 0 Å². The first kappa shape index (κ1) is 17.3. The first-order valence-corrected chi connectivity index (χ1v) is 7.72. The van der Waals surface area contributed by atoms with Gasteiger partial charge in [-0.3, -0.25) is 0 Å². The molecular weight excluding hydrogens is 318 g/mol. The van der Waals surface area contributed by atoms with Crippen LogP contribution in [0.5, 0.6) is 11.5 Å². The third-order valence-corrected chi connectivity index (χ3v) is 4.75. The molecule has 3 nitrogen and oxygen atoms in total. The summed E-state index contributed by atoms with van der Waals surface area (Å²) in [6, 6.07) is 3.96. The Balaban J connectivity index is 2.74. The summed E-state index contributed by atoms with van der Waals surface area (Å²) in [5.74, 6) is 2.14. The molecule has 1 aromatic carbocycles. The van der Waals surface area contributed by atoms with Crippen molar-refractivity contribution in [1.82, 2.24) is 5.32 Å². The fourth-order valence-electron chi connectivity index (χ4n) is 1.76. The Morgan fingerprint density at radius 3 is 2.20 bits per heavy atom. The summed E-state index contributed by atoms with van der Waals surface area (Å²) in [5, 5.41) is 3.53. The van der Waals surface area contributed by atoms with E-state index in [1.54, 1.807) is 14.2 Å². The van der Waals surface area contributed by atoms with Crippen LogP contribution in [-0.4, -0.2) is 20.8 Å². The zero-order valence-electron chi connectivity index (χ0n) is 13.3. The Bertz CT molecular complexity index is 444. The number of benzene rings is 1. The maximum atomic E-state index is 5.34. The van der Waals surface area contributed by atoms with Gasteiger partial charge in [-0.1, -0.05) is 43.6 Å². The number of methoxy groups -OCH3 is 2. The number of rotatable bonds is 7. The van der Waals surface area contributed by atoms with Crippen LogP contribution in [-0.2, 0) is 6.54 Å². The minimum Gasteiger partial charge on any atom is -0.493 e. The van der Waals surface area contributed by atoms with Crippen LogP contribution in [0.2, 0.25) is 0 Å². The van der Waals surface area contributed by atoms with Gasteiger partial charge in [0.05, 0.1) is 14.2 Å². The highest BCUT2D eigenvalue weighted by molar-refractivity contribution is 9.10. The van der Waals surface area contributed by atoms with Crippen molar-refractivity contribution in [2.24, 2.45) is 11.3 Å². The van der Waals surface area contributed by atoms with Crippen LogP contribution in [0.4, 0.5) is 0 Å². The maximum absolute atomic E-state index is 5.34. The van der Waals surface area contributed by atoms with Crippen LogP contribution in [0, 0.1) is 11.3 Å². The Morgan fingerprint density at radius 2 is 1.70 bits per heavy atom. The molecule has 0 aliphatic heterocycles. The van der Waals surface area contributed by atoms with Crippen LogP contribution in [0.3, 0.4) is 0 Å². The highest BCUT2D eigenvalue weighted by Crippen LogP contribution is 2.33. The summed E-state index contributed by atoms with van der Waals surface area (Å²) in [6.07, 6.45) is 0. The SMILES string of the molecule is COc1cc(Br)c(CNCC(C)(C)C(C)C)cc1OC. The van der Waals surface area contributed by atoms with Crippen molar-refractivity contribution in [3.63, 3.8) is 0 Å². The molecule has 0 aromatic heterocycles. The van der Waals surface area contributed by atoms with E-state index in [1.165, 1.54) is 5.56 Å². The zero-order chi connectivity index (χ0) is 15.3. The molecule has 20 heavy (non-hydrogen) atoms. The van der Waals surface area contributed by atoms with Crippen LogP contribution in [0.25, 0.3) is 0 Å². The first-order chi connectivity index (χ1) is 9.31. The standard InChI is InChI=1S/C16H26BrNO2/c1-11(2)16(3,4)10-18-9-12-7-14(19-5)15(20-6)8-13(12)17/h7-8,11,18H,9-10H2,1-6H3. The predicted molar refractivity (Wildman–Crippen MR) is 87.6 cm³/mol. The molecule has 0 fully saturated rings. The minimum absolute atomic E-state index is 0.281. The van der Waals surface area contributed by atoms with E-state index in [0.29, 0.717) is 5.92 Å². The minimum atomic E-state index is 0.281. The van der Waals surface area contributed by atoms with E-state index < -0.39 is 0 Å². The Morgan fingerprint density at radius 1 is 1.15 bits per heavy atom. The van der Waals surface area contributed by atoms with E-state index >= 15 is 0 Å². The monoisotopic (exact) mass is 343 g/mol. The normalized spacial score (nSPS) is 11.8. The number of halogens is 1. The van der Waals surface area contributed by atoms with Gasteiger partial charge in [0.2, 0.25) is 0 Å². The van der Waals surface area contributed by atoms with Crippen LogP contribution >= 0.6 is 15.9 Å². The number of hydrogen-bond acceptors (Lipinski definition) is 3. The van der Waals surface area contributed by atoms with E-state index in [1.807, 2.05) is 12.1 Å². The van der Waals surface area contributed by atoms with E-state index in [4.69, 9.17) is 9.47 Å². The number of hydrogen-bond donors (Lipinski definition) is 1. The van der Waals surface area contributed by atoms with E-state index in [0.717, 1.165) is 29.1 Å². The van der Waals surface area contributed by atoms with Crippen molar-refractivity contribution < 1.29 is 9.47 Å². The Labute approximate surface area is 131 Å². The molecule has 0 heterocycles. The van der Waals surface area contributed by atoms with Gasteiger partial charge in [-0.15, -0.1) is 0 Å². The quantitative estimate of drug-likeness (QED) is 0.803. The average Bonchev–Trinajstić information content (AvgIpc) is 2.39. The topological polar surface area (TPSA) is 30.5 Å². The second-order valence-corrected chi connectivity index (χ2v) is 6.90. The summed E-state index contributed by atoms with van der Waals surface area (Å²) < 4.78 is 11.7. The fourth-order valence-corrected chi connectivity index (χ4v) is 2.22. The highest BCUT2D eigenvalue weighted by atomic mass is 79.9. The van der Waals surface area contributed by atoms with Crippen molar-refractivity contribution >= 4 is 15.9 Å². The van der Waals surface area contributed by atoms with Gasteiger partial charge in [0, 0.05) is 17.6 Å². The van der Waals surface area contributed by atoms with Gasteiger partial charge in [0.15, 0.2) is 11.5 Å². The lowest BCUT2D eigenvalue weighted by atomic mass is 9.81. The lowest BCUT2D eigenvalue weighted by Gasteiger charge is -2.29.